The smallest absolute Gasteiger partial charge is 0.359 e. The van der Waals surface area contributed by atoms with Crippen LogP contribution in [0.15, 0.2) is 24.3 Å². The molecule has 0 spiro atoms. The molecule has 0 radical (unpaired) electrons. The van der Waals surface area contributed by atoms with E-state index in [0.717, 1.165) is 22.7 Å². The van der Waals surface area contributed by atoms with Gasteiger partial charge in [-0.05, 0) is 43.4 Å². The SMILES string of the molecule is CCOC(=O)c1nn(-c2ccc(OC)cc2)c2c1CN(C(=S)NN)CC2. The maximum absolute atomic E-state index is 12.4. The van der Waals surface area contributed by atoms with Gasteiger partial charge in [0.15, 0.2) is 10.8 Å². The van der Waals surface area contributed by atoms with Crippen LogP contribution < -0.4 is 16.0 Å². The molecule has 0 saturated carbocycles. The van der Waals surface area contributed by atoms with E-state index in [0.29, 0.717) is 30.3 Å². The van der Waals surface area contributed by atoms with Crippen molar-refractivity contribution >= 4 is 23.3 Å². The number of aromatic nitrogens is 2. The maximum Gasteiger partial charge on any atom is 0.359 e. The Hall–Kier alpha value is -2.65. The predicted molar refractivity (Wildman–Crippen MR) is 100 cm³/mol. The number of esters is 1. The van der Waals surface area contributed by atoms with Crippen LogP contribution in [0, 0.1) is 0 Å². The topological polar surface area (TPSA) is 94.6 Å². The van der Waals surface area contributed by atoms with Crippen LogP contribution in [0.1, 0.15) is 28.7 Å². The Bertz CT molecular complexity index is 819. The van der Waals surface area contributed by atoms with Crippen molar-refractivity contribution in [2.24, 2.45) is 5.84 Å². The molecule has 3 N–H and O–H groups in total. The molecule has 0 amide bonds. The quantitative estimate of drug-likeness (QED) is 0.356. The third kappa shape index (κ3) is 3.35. The number of hydrogen-bond acceptors (Lipinski definition) is 6. The number of nitrogens with one attached hydrogen (secondary N) is 1. The van der Waals surface area contributed by atoms with Gasteiger partial charge in [-0.3, -0.25) is 0 Å². The number of thiocarbonyl (C=S) groups is 1. The van der Waals surface area contributed by atoms with Crippen molar-refractivity contribution in [3.63, 3.8) is 0 Å². The lowest BCUT2D eigenvalue weighted by atomic mass is 10.1. The summed E-state index contributed by atoms with van der Waals surface area (Å²) in [6.45, 7) is 3.18. The zero-order valence-electron chi connectivity index (χ0n) is 14.7. The fraction of sp³-hybridized carbons (Fsp3) is 0.353. The van der Waals surface area contributed by atoms with E-state index in [1.54, 1.807) is 18.7 Å². The van der Waals surface area contributed by atoms with Crippen molar-refractivity contribution in [3.05, 3.63) is 41.2 Å². The highest BCUT2D eigenvalue weighted by molar-refractivity contribution is 7.80. The molecule has 0 aliphatic carbocycles. The number of fused-ring (bicyclic) bond motifs is 1. The molecule has 1 aliphatic heterocycles. The molecule has 0 saturated heterocycles. The lowest BCUT2D eigenvalue weighted by Gasteiger charge is -2.29. The van der Waals surface area contributed by atoms with Gasteiger partial charge in [-0.15, -0.1) is 0 Å². The summed E-state index contributed by atoms with van der Waals surface area (Å²) in [4.78, 5) is 14.3. The van der Waals surface area contributed by atoms with Gasteiger partial charge in [0.2, 0.25) is 0 Å². The van der Waals surface area contributed by atoms with Gasteiger partial charge in [0.05, 0.1) is 25.1 Å². The Morgan fingerprint density at radius 1 is 1.38 bits per heavy atom. The monoisotopic (exact) mass is 375 g/mol. The number of methoxy groups -OCH3 is 1. The molecule has 0 fully saturated rings. The van der Waals surface area contributed by atoms with Crippen molar-refractivity contribution in [1.82, 2.24) is 20.1 Å². The Labute approximate surface area is 156 Å². The number of carbonyl (C=O) groups is 1. The van der Waals surface area contributed by atoms with Crippen LogP contribution in [-0.4, -0.2) is 46.0 Å². The van der Waals surface area contributed by atoms with E-state index in [-0.39, 0.29) is 6.61 Å². The van der Waals surface area contributed by atoms with Crippen molar-refractivity contribution in [2.45, 2.75) is 19.9 Å². The molecule has 138 valence electrons. The van der Waals surface area contributed by atoms with Crippen LogP contribution in [0.2, 0.25) is 0 Å². The van der Waals surface area contributed by atoms with Crippen LogP contribution in [0.3, 0.4) is 0 Å². The molecule has 1 aliphatic rings. The van der Waals surface area contributed by atoms with E-state index < -0.39 is 5.97 Å². The van der Waals surface area contributed by atoms with Crippen LogP contribution in [-0.2, 0) is 17.7 Å². The highest BCUT2D eigenvalue weighted by atomic mass is 32.1. The van der Waals surface area contributed by atoms with Gasteiger partial charge in [-0.1, -0.05) is 0 Å². The van der Waals surface area contributed by atoms with Crippen molar-refractivity contribution in [1.29, 1.82) is 0 Å². The molecule has 8 nitrogen and oxygen atoms in total. The Balaban J connectivity index is 2.04. The molecule has 0 bridgehead atoms. The number of hydrogen-bond donors (Lipinski definition) is 2. The van der Waals surface area contributed by atoms with E-state index in [9.17, 15) is 4.79 Å². The van der Waals surface area contributed by atoms with Gasteiger partial charge in [0.1, 0.15) is 5.75 Å². The summed E-state index contributed by atoms with van der Waals surface area (Å²) in [5.74, 6) is 5.75. The molecule has 1 aromatic carbocycles. The summed E-state index contributed by atoms with van der Waals surface area (Å²) in [7, 11) is 1.62. The molecule has 2 heterocycles. The lowest BCUT2D eigenvalue weighted by Crippen LogP contribution is -2.45. The van der Waals surface area contributed by atoms with E-state index in [1.165, 1.54) is 0 Å². The summed E-state index contributed by atoms with van der Waals surface area (Å²) in [6, 6.07) is 7.52. The number of rotatable bonds is 4. The van der Waals surface area contributed by atoms with Gasteiger partial charge in [0, 0.05) is 25.1 Å². The number of ether oxygens (including phenoxy) is 2. The summed E-state index contributed by atoms with van der Waals surface area (Å²) in [5.41, 5.74) is 5.43. The average molecular weight is 375 g/mol. The van der Waals surface area contributed by atoms with Crippen LogP contribution in [0.25, 0.3) is 5.69 Å². The first-order chi connectivity index (χ1) is 12.6. The fourth-order valence-electron chi connectivity index (χ4n) is 2.98. The Kier molecular flexibility index (Phi) is 5.38. The van der Waals surface area contributed by atoms with Crippen molar-refractivity contribution in [3.8, 4) is 11.4 Å². The minimum atomic E-state index is -0.440. The number of nitrogens with two attached hydrogens (primary N) is 1. The molecule has 1 aromatic heterocycles. The molecular formula is C17H21N5O3S. The fourth-order valence-corrected chi connectivity index (χ4v) is 3.14. The molecule has 3 rings (SSSR count). The first-order valence-corrected chi connectivity index (χ1v) is 8.67. The number of benzene rings is 1. The summed E-state index contributed by atoms with van der Waals surface area (Å²) in [6.07, 6.45) is 0.676. The average Bonchev–Trinajstić information content (AvgIpc) is 3.06. The van der Waals surface area contributed by atoms with Gasteiger partial charge in [-0.2, -0.15) is 5.10 Å². The third-order valence-electron chi connectivity index (χ3n) is 4.25. The van der Waals surface area contributed by atoms with E-state index >= 15 is 0 Å². The summed E-state index contributed by atoms with van der Waals surface area (Å²) in [5, 5.41) is 4.97. The number of hydrazine groups is 1. The predicted octanol–water partition coefficient (Wildman–Crippen LogP) is 1.16. The molecule has 0 unspecified atom stereocenters. The van der Waals surface area contributed by atoms with Gasteiger partial charge in [-0.25, -0.2) is 15.3 Å². The van der Waals surface area contributed by atoms with E-state index in [2.05, 4.69) is 10.5 Å². The second-order valence-electron chi connectivity index (χ2n) is 5.73. The van der Waals surface area contributed by atoms with Gasteiger partial charge < -0.3 is 19.8 Å². The van der Waals surface area contributed by atoms with Gasteiger partial charge >= 0.3 is 5.97 Å². The molecule has 2 aromatic rings. The lowest BCUT2D eigenvalue weighted by molar-refractivity contribution is 0.0517. The first kappa shape index (κ1) is 18.2. The van der Waals surface area contributed by atoms with E-state index in [4.69, 9.17) is 27.5 Å². The van der Waals surface area contributed by atoms with Crippen molar-refractivity contribution < 1.29 is 14.3 Å². The molecular weight excluding hydrogens is 354 g/mol. The Morgan fingerprint density at radius 3 is 2.73 bits per heavy atom. The first-order valence-electron chi connectivity index (χ1n) is 8.26. The zero-order chi connectivity index (χ0) is 18.7. The highest BCUT2D eigenvalue weighted by Crippen LogP contribution is 2.27. The van der Waals surface area contributed by atoms with Crippen LogP contribution in [0.4, 0.5) is 0 Å². The highest BCUT2D eigenvalue weighted by Gasteiger charge is 2.30. The van der Waals surface area contributed by atoms with Crippen LogP contribution >= 0.6 is 12.2 Å². The second-order valence-corrected chi connectivity index (χ2v) is 6.11. The third-order valence-corrected chi connectivity index (χ3v) is 4.63. The minimum Gasteiger partial charge on any atom is -0.497 e. The molecule has 0 atom stereocenters. The van der Waals surface area contributed by atoms with Crippen molar-refractivity contribution in [2.75, 3.05) is 20.3 Å². The normalized spacial score (nSPS) is 13.1. The zero-order valence-corrected chi connectivity index (χ0v) is 15.5. The second kappa shape index (κ2) is 7.71. The van der Waals surface area contributed by atoms with Crippen LogP contribution in [0.5, 0.6) is 5.75 Å². The minimum absolute atomic E-state index is 0.287. The standard InChI is InChI=1S/C17H21N5O3S/c1-3-25-16(23)15-13-10-21(17(26)19-18)9-8-14(13)22(20-15)11-4-6-12(24-2)7-5-11/h4-7H,3,8-10,18H2,1-2H3,(H,19,26). The number of carbonyl (C=O) groups excluding carboxylic acids is 1. The molecule has 9 heteroatoms. The van der Waals surface area contributed by atoms with E-state index in [1.807, 2.05) is 29.2 Å². The summed E-state index contributed by atoms with van der Waals surface area (Å²) < 4.78 is 12.2. The molecule has 26 heavy (non-hydrogen) atoms. The largest absolute Gasteiger partial charge is 0.497 e. The van der Waals surface area contributed by atoms with Gasteiger partial charge in [0.25, 0.3) is 0 Å². The Morgan fingerprint density at radius 2 is 2.12 bits per heavy atom. The number of nitrogens with zero attached hydrogens (tertiary/aromatic N) is 3. The summed E-state index contributed by atoms with van der Waals surface area (Å²) >= 11 is 5.22. The maximum atomic E-state index is 12.4.